The molecule has 21 heavy (non-hydrogen) atoms. The molecule has 116 valence electrons. The summed E-state index contributed by atoms with van der Waals surface area (Å²) in [5.41, 5.74) is 0.535. The van der Waals surface area contributed by atoms with E-state index in [-0.39, 0.29) is 11.5 Å². The quantitative estimate of drug-likeness (QED) is 0.777. The molecule has 2 unspecified atom stereocenters. The van der Waals surface area contributed by atoms with Gasteiger partial charge in [0.2, 0.25) is 0 Å². The minimum atomic E-state index is -1.05. The summed E-state index contributed by atoms with van der Waals surface area (Å²) >= 11 is 0. The van der Waals surface area contributed by atoms with Gasteiger partial charge in [-0.05, 0) is 38.3 Å². The minimum absolute atomic E-state index is 0.205. The van der Waals surface area contributed by atoms with E-state index in [1.165, 1.54) is 6.20 Å². The number of ether oxygens (including phenoxy) is 1. The molecule has 2 rings (SSSR count). The molecule has 1 aliphatic heterocycles. The average molecular weight is 294 g/mol. The number of amides is 1. The van der Waals surface area contributed by atoms with Crippen molar-refractivity contribution in [2.45, 2.75) is 45.0 Å². The predicted octanol–water partition coefficient (Wildman–Crippen LogP) is 1.25. The average Bonchev–Trinajstić information content (AvgIpc) is 2.72. The molecule has 0 saturated carbocycles. The number of hydrogen-bond donors (Lipinski definition) is 3. The van der Waals surface area contributed by atoms with Crippen molar-refractivity contribution in [3.8, 4) is 0 Å². The van der Waals surface area contributed by atoms with Crippen LogP contribution in [0.15, 0.2) is 18.3 Å². The van der Waals surface area contributed by atoms with Crippen molar-refractivity contribution < 1.29 is 19.7 Å². The van der Waals surface area contributed by atoms with Crippen molar-refractivity contribution in [3.63, 3.8) is 0 Å². The molecule has 3 atom stereocenters. The molecule has 1 aliphatic rings. The smallest absolute Gasteiger partial charge is 0.253 e. The number of aliphatic hydroxyl groups excluding tert-OH is 2. The van der Waals surface area contributed by atoms with E-state index in [4.69, 9.17) is 9.84 Å². The fraction of sp³-hybridized carbons (Fsp3) is 0.600. The molecule has 1 amide bonds. The molecule has 1 aromatic heterocycles. The maximum Gasteiger partial charge on any atom is 0.253 e. The highest BCUT2D eigenvalue weighted by Crippen LogP contribution is 2.35. The molecule has 3 N–H and O–H groups in total. The largest absolute Gasteiger partial charge is 0.393 e. The van der Waals surface area contributed by atoms with E-state index in [0.29, 0.717) is 23.7 Å². The molecule has 1 aromatic rings. The summed E-state index contributed by atoms with van der Waals surface area (Å²) in [6.07, 6.45) is 0.625. The second kappa shape index (κ2) is 6.09. The van der Waals surface area contributed by atoms with Gasteiger partial charge in [0.15, 0.2) is 0 Å². The Bertz CT molecular complexity index is 518. The van der Waals surface area contributed by atoms with Crippen LogP contribution in [0, 0.1) is 5.92 Å². The lowest BCUT2D eigenvalue weighted by Gasteiger charge is -2.22. The standard InChI is InChI=1S/C15H22N2O4/c1-9-6-13(21-15(9,2)3)14(20)17-10-4-5-16-11(7-10)12(19)8-18/h4-5,7,9,12-13,18-19H,6,8H2,1-3H3,(H,16,17,20)/t9-,12?,13?/m0/s1. The molecule has 0 aromatic carbocycles. The second-order valence-corrected chi connectivity index (χ2v) is 6.00. The van der Waals surface area contributed by atoms with Crippen molar-refractivity contribution in [1.29, 1.82) is 0 Å². The number of aliphatic hydroxyl groups is 2. The van der Waals surface area contributed by atoms with Crippen LogP contribution in [0.3, 0.4) is 0 Å². The summed E-state index contributed by atoms with van der Waals surface area (Å²) in [4.78, 5) is 16.2. The van der Waals surface area contributed by atoms with Crippen LogP contribution in [-0.4, -0.2) is 39.4 Å². The number of nitrogens with one attached hydrogen (secondary N) is 1. The summed E-state index contributed by atoms with van der Waals surface area (Å²) in [5, 5.41) is 21.2. The maximum atomic E-state index is 12.2. The monoisotopic (exact) mass is 294 g/mol. The third kappa shape index (κ3) is 3.58. The SMILES string of the molecule is C[C@H]1CC(C(=O)Nc2ccnc(C(O)CO)c2)OC1(C)C. The van der Waals surface area contributed by atoms with Crippen LogP contribution < -0.4 is 5.32 Å². The van der Waals surface area contributed by atoms with Gasteiger partial charge in [-0.25, -0.2) is 0 Å². The molecule has 6 nitrogen and oxygen atoms in total. The lowest BCUT2D eigenvalue weighted by Crippen LogP contribution is -2.31. The third-order valence-corrected chi connectivity index (χ3v) is 4.06. The van der Waals surface area contributed by atoms with Gasteiger partial charge in [0.25, 0.3) is 5.91 Å². The van der Waals surface area contributed by atoms with Crippen LogP contribution >= 0.6 is 0 Å². The van der Waals surface area contributed by atoms with Crippen LogP contribution in [-0.2, 0) is 9.53 Å². The van der Waals surface area contributed by atoms with Crippen LogP contribution in [0.1, 0.15) is 39.0 Å². The molecule has 1 fully saturated rings. The molecule has 0 bridgehead atoms. The zero-order valence-electron chi connectivity index (χ0n) is 12.5. The fourth-order valence-corrected chi connectivity index (χ4v) is 2.32. The number of carbonyl (C=O) groups excluding carboxylic acids is 1. The number of anilines is 1. The lowest BCUT2D eigenvalue weighted by atomic mass is 9.92. The molecular weight excluding hydrogens is 272 g/mol. The topological polar surface area (TPSA) is 91.7 Å². The molecule has 0 spiro atoms. The number of aromatic nitrogens is 1. The van der Waals surface area contributed by atoms with Gasteiger partial charge < -0.3 is 20.3 Å². The first-order valence-electron chi connectivity index (χ1n) is 7.07. The summed E-state index contributed by atoms with van der Waals surface area (Å²) in [6, 6.07) is 3.18. The summed E-state index contributed by atoms with van der Waals surface area (Å²) in [5.74, 6) is 0.0977. The molecule has 6 heteroatoms. The van der Waals surface area contributed by atoms with E-state index in [0.717, 1.165) is 0 Å². The highest BCUT2D eigenvalue weighted by atomic mass is 16.5. The number of carbonyl (C=O) groups is 1. The van der Waals surface area contributed by atoms with Crippen LogP contribution in [0.5, 0.6) is 0 Å². The Labute approximate surface area is 124 Å². The maximum absolute atomic E-state index is 12.2. The van der Waals surface area contributed by atoms with Gasteiger partial charge >= 0.3 is 0 Å². The first-order chi connectivity index (χ1) is 9.83. The Morgan fingerprint density at radius 3 is 2.90 bits per heavy atom. The molecule has 1 saturated heterocycles. The first-order valence-corrected chi connectivity index (χ1v) is 7.07. The summed E-state index contributed by atoms with van der Waals surface area (Å²) < 4.78 is 5.78. The second-order valence-electron chi connectivity index (χ2n) is 6.00. The molecule has 0 aliphatic carbocycles. The van der Waals surface area contributed by atoms with E-state index in [9.17, 15) is 9.90 Å². The number of hydrogen-bond acceptors (Lipinski definition) is 5. The van der Waals surface area contributed by atoms with Crippen molar-refractivity contribution in [2.75, 3.05) is 11.9 Å². The lowest BCUT2D eigenvalue weighted by molar-refractivity contribution is -0.130. The first kappa shape index (κ1) is 15.9. The Kier molecular flexibility index (Phi) is 4.61. The van der Waals surface area contributed by atoms with Crippen molar-refractivity contribution in [1.82, 2.24) is 4.98 Å². The van der Waals surface area contributed by atoms with E-state index in [1.807, 2.05) is 13.8 Å². The van der Waals surface area contributed by atoms with Gasteiger partial charge in [0.1, 0.15) is 12.2 Å². The highest BCUT2D eigenvalue weighted by Gasteiger charge is 2.41. The molecule has 0 radical (unpaired) electrons. The Morgan fingerprint density at radius 2 is 2.33 bits per heavy atom. The van der Waals surface area contributed by atoms with Crippen LogP contribution in [0.25, 0.3) is 0 Å². The van der Waals surface area contributed by atoms with E-state index < -0.39 is 18.8 Å². The van der Waals surface area contributed by atoms with E-state index in [1.54, 1.807) is 12.1 Å². The van der Waals surface area contributed by atoms with E-state index >= 15 is 0 Å². The van der Waals surface area contributed by atoms with Gasteiger partial charge in [0, 0.05) is 11.9 Å². The Balaban J connectivity index is 2.04. The summed E-state index contributed by atoms with van der Waals surface area (Å²) in [6.45, 7) is 5.61. The summed E-state index contributed by atoms with van der Waals surface area (Å²) in [7, 11) is 0. The van der Waals surface area contributed by atoms with Gasteiger partial charge in [-0.15, -0.1) is 0 Å². The van der Waals surface area contributed by atoms with Crippen molar-refractivity contribution in [2.24, 2.45) is 5.92 Å². The molecule has 2 heterocycles. The van der Waals surface area contributed by atoms with Gasteiger partial charge in [0.05, 0.1) is 17.9 Å². The van der Waals surface area contributed by atoms with Gasteiger partial charge in [-0.1, -0.05) is 6.92 Å². The van der Waals surface area contributed by atoms with Crippen LogP contribution in [0.2, 0.25) is 0 Å². The normalized spacial score (nSPS) is 25.6. The fourth-order valence-electron chi connectivity index (χ4n) is 2.32. The van der Waals surface area contributed by atoms with Gasteiger partial charge in [-0.2, -0.15) is 0 Å². The minimum Gasteiger partial charge on any atom is -0.393 e. The molecular formula is C15H22N2O4. The number of rotatable bonds is 4. The predicted molar refractivity (Wildman–Crippen MR) is 77.6 cm³/mol. The number of pyridine rings is 1. The third-order valence-electron chi connectivity index (χ3n) is 4.06. The Hall–Kier alpha value is -1.50. The van der Waals surface area contributed by atoms with Crippen LogP contribution in [0.4, 0.5) is 5.69 Å². The zero-order valence-corrected chi connectivity index (χ0v) is 12.5. The van der Waals surface area contributed by atoms with Crippen molar-refractivity contribution in [3.05, 3.63) is 24.0 Å². The van der Waals surface area contributed by atoms with Gasteiger partial charge in [-0.3, -0.25) is 9.78 Å². The highest BCUT2D eigenvalue weighted by molar-refractivity contribution is 5.94. The van der Waals surface area contributed by atoms with E-state index in [2.05, 4.69) is 17.2 Å². The zero-order chi connectivity index (χ0) is 15.6. The number of nitrogens with zero attached hydrogens (tertiary/aromatic N) is 1. The Morgan fingerprint density at radius 1 is 1.62 bits per heavy atom. The van der Waals surface area contributed by atoms with Crippen molar-refractivity contribution >= 4 is 11.6 Å².